The Morgan fingerprint density at radius 2 is 1.58 bits per heavy atom. The van der Waals surface area contributed by atoms with Gasteiger partial charge in [0.15, 0.2) is 5.82 Å². The maximum absolute atomic E-state index is 13.6. The molecule has 2 aliphatic carbocycles. The summed E-state index contributed by atoms with van der Waals surface area (Å²) in [6, 6.07) is 9.02. The maximum Gasteiger partial charge on any atom is 0.259 e. The number of aryl methyl sites for hydroxylation is 1. The first-order valence-electron chi connectivity index (χ1n) is 12.0. The first-order valence-corrected chi connectivity index (χ1v) is 12.0. The van der Waals surface area contributed by atoms with Crippen LogP contribution >= 0.6 is 0 Å². The number of hydrogen-bond acceptors (Lipinski definition) is 4. The molecular formula is C26H36N4O. The van der Waals surface area contributed by atoms with E-state index < -0.39 is 0 Å². The van der Waals surface area contributed by atoms with Crippen molar-refractivity contribution in [1.29, 1.82) is 0 Å². The average molecular weight is 421 g/mol. The molecule has 2 fully saturated rings. The Hall–Kier alpha value is -2.43. The Bertz CT molecular complexity index is 900. The summed E-state index contributed by atoms with van der Waals surface area (Å²) in [7, 11) is 4.06. The zero-order chi connectivity index (χ0) is 21.8. The van der Waals surface area contributed by atoms with E-state index in [0.29, 0.717) is 23.5 Å². The molecular weight excluding hydrogens is 384 g/mol. The van der Waals surface area contributed by atoms with Gasteiger partial charge in [0.2, 0.25) is 0 Å². The van der Waals surface area contributed by atoms with Crippen molar-refractivity contribution < 1.29 is 4.79 Å². The molecule has 0 spiro atoms. The van der Waals surface area contributed by atoms with Crippen LogP contribution < -0.4 is 4.90 Å². The predicted molar refractivity (Wildman–Crippen MR) is 126 cm³/mol. The molecule has 0 N–H and O–H groups in total. The van der Waals surface area contributed by atoms with Crippen molar-refractivity contribution in [3.8, 4) is 11.4 Å². The second-order valence-electron chi connectivity index (χ2n) is 9.41. The van der Waals surface area contributed by atoms with Gasteiger partial charge in [-0.25, -0.2) is 9.97 Å². The van der Waals surface area contributed by atoms with Crippen molar-refractivity contribution in [3.05, 3.63) is 41.6 Å². The van der Waals surface area contributed by atoms with Gasteiger partial charge in [0.25, 0.3) is 5.91 Å². The highest BCUT2D eigenvalue weighted by atomic mass is 16.2. The van der Waals surface area contributed by atoms with Crippen molar-refractivity contribution in [2.24, 2.45) is 0 Å². The fourth-order valence-electron chi connectivity index (χ4n) is 5.18. The highest BCUT2D eigenvalue weighted by molar-refractivity contribution is 5.99. The summed E-state index contributed by atoms with van der Waals surface area (Å²) in [5.41, 5.74) is 2.82. The van der Waals surface area contributed by atoms with E-state index in [0.717, 1.165) is 37.1 Å². The van der Waals surface area contributed by atoms with Crippen molar-refractivity contribution in [2.45, 2.75) is 83.2 Å². The van der Waals surface area contributed by atoms with Gasteiger partial charge in [0.1, 0.15) is 11.4 Å². The van der Waals surface area contributed by atoms with Crippen LogP contribution in [0.25, 0.3) is 11.4 Å². The molecule has 166 valence electrons. The van der Waals surface area contributed by atoms with Crippen LogP contribution in [0.15, 0.2) is 30.5 Å². The molecule has 31 heavy (non-hydrogen) atoms. The Balaban J connectivity index is 1.69. The second-order valence-corrected chi connectivity index (χ2v) is 9.41. The summed E-state index contributed by atoms with van der Waals surface area (Å²) >= 11 is 0. The summed E-state index contributed by atoms with van der Waals surface area (Å²) in [5.74, 6) is 1.53. The van der Waals surface area contributed by atoms with Crippen LogP contribution in [0.3, 0.4) is 0 Å². The SMILES string of the molecule is Cc1cccc(-c2ncc(C(=O)N(C)C3CCCCC3)c(N(C)C3CCCCC3)n2)c1. The lowest BCUT2D eigenvalue weighted by Gasteiger charge is -2.35. The Labute approximate surface area is 186 Å². The number of anilines is 1. The van der Waals surface area contributed by atoms with Gasteiger partial charge in [-0.05, 0) is 38.7 Å². The van der Waals surface area contributed by atoms with Gasteiger partial charge >= 0.3 is 0 Å². The molecule has 0 atom stereocenters. The van der Waals surface area contributed by atoms with Crippen LogP contribution in [0, 0.1) is 6.92 Å². The standard InChI is InChI=1S/C26H36N4O/c1-19-11-10-12-20(17-19)24-27-18-23(26(31)30(3)22-15-8-5-9-16-22)25(28-24)29(2)21-13-6-4-7-14-21/h10-12,17-18,21-22H,4-9,13-16H2,1-3H3. The molecule has 0 saturated heterocycles. The third-order valence-electron chi connectivity index (χ3n) is 7.17. The molecule has 2 aromatic rings. The summed E-state index contributed by atoms with van der Waals surface area (Å²) in [5, 5.41) is 0. The average Bonchev–Trinajstić information content (AvgIpc) is 2.83. The number of carbonyl (C=O) groups excluding carboxylic acids is 1. The minimum Gasteiger partial charge on any atom is -0.356 e. The first-order chi connectivity index (χ1) is 15.0. The number of benzene rings is 1. The Morgan fingerprint density at radius 1 is 0.935 bits per heavy atom. The first kappa shape index (κ1) is 21.8. The summed E-state index contributed by atoms with van der Waals surface area (Å²) in [6.07, 6.45) is 13.8. The molecule has 0 bridgehead atoms. The zero-order valence-electron chi connectivity index (χ0n) is 19.3. The van der Waals surface area contributed by atoms with Gasteiger partial charge in [0, 0.05) is 37.9 Å². The molecule has 4 rings (SSSR count). The summed E-state index contributed by atoms with van der Waals surface area (Å²) in [4.78, 5) is 27.4. The number of aromatic nitrogens is 2. The molecule has 2 aliphatic rings. The smallest absolute Gasteiger partial charge is 0.259 e. The Morgan fingerprint density at radius 3 is 2.23 bits per heavy atom. The summed E-state index contributed by atoms with van der Waals surface area (Å²) < 4.78 is 0. The lowest BCUT2D eigenvalue weighted by atomic mass is 9.93. The number of hydrogen-bond donors (Lipinski definition) is 0. The van der Waals surface area contributed by atoms with Crippen molar-refractivity contribution in [2.75, 3.05) is 19.0 Å². The van der Waals surface area contributed by atoms with E-state index in [4.69, 9.17) is 4.98 Å². The highest BCUT2D eigenvalue weighted by Crippen LogP contribution is 2.31. The molecule has 1 aromatic heterocycles. The zero-order valence-corrected chi connectivity index (χ0v) is 19.3. The van der Waals surface area contributed by atoms with Crippen LogP contribution in [0.2, 0.25) is 0 Å². The maximum atomic E-state index is 13.6. The van der Waals surface area contributed by atoms with E-state index in [1.165, 1.54) is 44.1 Å². The monoisotopic (exact) mass is 420 g/mol. The van der Waals surface area contributed by atoms with E-state index in [1.54, 1.807) is 6.20 Å². The van der Waals surface area contributed by atoms with E-state index >= 15 is 0 Å². The highest BCUT2D eigenvalue weighted by Gasteiger charge is 2.29. The largest absolute Gasteiger partial charge is 0.356 e. The number of amides is 1. The molecule has 2 saturated carbocycles. The van der Waals surface area contributed by atoms with E-state index in [2.05, 4.69) is 36.0 Å². The molecule has 0 unspecified atom stereocenters. The molecule has 1 aromatic carbocycles. The lowest BCUT2D eigenvalue weighted by Crippen LogP contribution is -2.40. The fourth-order valence-corrected chi connectivity index (χ4v) is 5.18. The molecule has 5 nitrogen and oxygen atoms in total. The summed E-state index contributed by atoms with van der Waals surface area (Å²) in [6.45, 7) is 2.08. The minimum atomic E-state index is 0.0559. The van der Waals surface area contributed by atoms with E-state index in [9.17, 15) is 4.79 Å². The molecule has 0 aliphatic heterocycles. The quantitative estimate of drug-likeness (QED) is 0.629. The molecule has 1 amide bonds. The van der Waals surface area contributed by atoms with Crippen LogP contribution in [-0.4, -0.2) is 47.0 Å². The minimum absolute atomic E-state index is 0.0559. The molecule has 1 heterocycles. The lowest BCUT2D eigenvalue weighted by molar-refractivity contribution is 0.0696. The van der Waals surface area contributed by atoms with E-state index in [-0.39, 0.29) is 5.91 Å². The topological polar surface area (TPSA) is 49.3 Å². The van der Waals surface area contributed by atoms with Gasteiger partial charge in [-0.15, -0.1) is 0 Å². The van der Waals surface area contributed by atoms with Crippen molar-refractivity contribution in [1.82, 2.24) is 14.9 Å². The van der Waals surface area contributed by atoms with Crippen LogP contribution in [0.1, 0.15) is 80.1 Å². The van der Waals surface area contributed by atoms with Crippen molar-refractivity contribution in [3.63, 3.8) is 0 Å². The normalized spacial score (nSPS) is 18.0. The number of nitrogens with zero attached hydrogens (tertiary/aromatic N) is 4. The van der Waals surface area contributed by atoms with E-state index in [1.807, 2.05) is 24.1 Å². The second kappa shape index (κ2) is 9.80. The van der Waals surface area contributed by atoms with Gasteiger partial charge < -0.3 is 9.80 Å². The van der Waals surface area contributed by atoms with Crippen LogP contribution in [-0.2, 0) is 0 Å². The van der Waals surface area contributed by atoms with Gasteiger partial charge in [-0.1, -0.05) is 62.3 Å². The van der Waals surface area contributed by atoms with Gasteiger partial charge in [-0.3, -0.25) is 4.79 Å². The van der Waals surface area contributed by atoms with Crippen LogP contribution in [0.4, 0.5) is 5.82 Å². The Kier molecular flexibility index (Phi) is 6.89. The third-order valence-corrected chi connectivity index (χ3v) is 7.17. The fraction of sp³-hybridized carbons (Fsp3) is 0.577. The third kappa shape index (κ3) is 4.91. The van der Waals surface area contributed by atoms with Gasteiger partial charge in [0.05, 0.1) is 0 Å². The number of carbonyl (C=O) groups is 1. The number of rotatable bonds is 5. The van der Waals surface area contributed by atoms with Gasteiger partial charge in [-0.2, -0.15) is 0 Å². The molecule has 5 heteroatoms. The van der Waals surface area contributed by atoms with Crippen molar-refractivity contribution >= 4 is 11.7 Å². The molecule has 0 radical (unpaired) electrons. The van der Waals surface area contributed by atoms with Crippen LogP contribution in [0.5, 0.6) is 0 Å². The predicted octanol–water partition coefficient (Wildman–Crippen LogP) is 5.63.